The number of esters is 1. The van der Waals surface area contributed by atoms with E-state index >= 15 is 0 Å². The first kappa shape index (κ1) is 16.3. The Labute approximate surface area is 111 Å². The van der Waals surface area contributed by atoms with E-state index < -0.39 is 11.0 Å². The smallest absolute Gasteiger partial charge is 0.307 e. The molecule has 0 saturated heterocycles. The topological polar surface area (TPSA) is 95.5 Å². The van der Waals surface area contributed by atoms with Gasteiger partial charge in [0.2, 0.25) is 0 Å². The summed E-state index contributed by atoms with van der Waals surface area (Å²) in [5, 5.41) is 10.4. The van der Waals surface area contributed by atoms with Gasteiger partial charge in [-0.2, -0.15) is 0 Å². The molecule has 0 aliphatic heterocycles. The van der Waals surface area contributed by atoms with Gasteiger partial charge in [-0.3, -0.25) is 14.9 Å². The number of hydrogen-bond donors (Lipinski definition) is 1. The maximum Gasteiger partial charge on any atom is 0.307 e. The minimum absolute atomic E-state index is 0. The van der Waals surface area contributed by atoms with Crippen LogP contribution in [0.4, 0.5) is 5.69 Å². The van der Waals surface area contributed by atoms with Crippen molar-refractivity contribution in [3.63, 3.8) is 0 Å². The molecule has 0 aliphatic carbocycles. The Balaban J connectivity index is 0.00000289. The van der Waals surface area contributed by atoms with E-state index in [2.05, 4.69) is 0 Å². The van der Waals surface area contributed by atoms with Crippen molar-refractivity contribution in [2.24, 2.45) is 5.73 Å². The molecule has 2 N–H and O–H groups in total. The summed E-state index contributed by atoms with van der Waals surface area (Å²) < 4.78 is 4.77. The van der Waals surface area contributed by atoms with Crippen LogP contribution in [-0.4, -0.2) is 17.5 Å². The average molecular weight is 275 g/mol. The lowest BCUT2D eigenvalue weighted by molar-refractivity contribution is -0.384. The third-order valence-electron chi connectivity index (χ3n) is 2.22. The molecule has 0 bridgehead atoms. The summed E-state index contributed by atoms with van der Waals surface area (Å²) in [6.45, 7) is 2.03. The molecule has 18 heavy (non-hydrogen) atoms. The Bertz CT molecular complexity index is 408. The molecular weight excluding hydrogens is 260 g/mol. The number of benzene rings is 1. The van der Waals surface area contributed by atoms with Gasteiger partial charge in [0.1, 0.15) is 0 Å². The van der Waals surface area contributed by atoms with Crippen LogP contribution >= 0.6 is 12.4 Å². The number of non-ortho nitro benzene ring substituents is 1. The van der Waals surface area contributed by atoms with E-state index in [1.165, 1.54) is 12.1 Å². The highest BCUT2D eigenvalue weighted by atomic mass is 35.5. The molecule has 7 heteroatoms. The molecule has 6 nitrogen and oxygen atoms in total. The number of nitro benzene ring substituents is 1. The lowest BCUT2D eigenvalue weighted by Crippen LogP contribution is -2.17. The fraction of sp³-hybridized carbons (Fsp3) is 0.364. The van der Waals surface area contributed by atoms with Gasteiger partial charge in [-0.1, -0.05) is 12.1 Å². The highest BCUT2D eigenvalue weighted by Gasteiger charge is 2.13. The number of ether oxygens (including phenoxy) is 1. The lowest BCUT2D eigenvalue weighted by Gasteiger charge is -2.10. The first-order chi connectivity index (χ1) is 8.04. The number of nitro groups is 1. The number of halogens is 1. The van der Waals surface area contributed by atoms with Gasteiger partial charge in [-0.25, -0.2) is 0 Å². The van der Waals surface area contributed by atoms with Gasteiger partial charge in [-0.05, 0) is 12.5 Å². The maximum absolute atomic E-state index is 11.2. The van der Waals surface area contributed by atoms with Gasteiger partial charge in [0.15, 0.2) is 0 Å². The minimum Gasteiger partial charge on any atom is -0.466 e. The zero-order valence-electron chi connectivity index (χ0n) is 9.87. The SMILES string of the molecule is CCOC(=O)C[C@@H](N)c1ccc([N+](=O)[O-])cc1.Cl. The zero-order valence-corrected chi connectivity index (χ0v) is 10.7. The molecule has 1 atom stereocenters. The normalized spacial score (nSPS) is 11.2. The summed E-state index contributed by atoms with van der Waals surface area (Å²) in [6, 6.07) is 5.31. The molecule has 0 spiro atoms. The molecule has 0 aliphatic rings. The number of carbonyl (C=O) groups excluding carboxylic acids is 1. The van der Waals surface area contributed by atoms with Crippen LogP contribution in [0.15, 0.2) is 24.3 Å². The second-order valence-corrected chi connectivity index (χ2v) is 3.46. The number of nitrogens with zero attached hydrogens (tertiary/aromatic N) is 1. The molecule has 0 aromatic heterocycles. The van der Waals surface area contributed by atoms with Crippen molar-refractivity contribution in [1.82, 2.24) is 0 Å². The standard InChI is InChI=1S/C11H14N2O4.ClH/c1-2-17-11(14)7-10(12)8-3-5-9(6-4-8)13(15)16;/h3-6,10H,2,7,12H2,1H3;1H/t10-;/m1./s1. The molecule has 1 rings (SSSR count). The van der Waals surface area contributed by atoms with E-state index in [9.17, 15) is 14.9 Å². The van der Waals surface area contributed by atoms with Crippen LogP contribution in [0.25, 0.3) is 0 Å². The van der Waals surface area contributed by atoms with Gasteiger partial charge in [0.25, 0.3) is 5.69 Å². The molecule has 100 valence electrons. The number of hydrogen-bond acceptors (Lipinski definition) is 5. The van der Waals surface area contributed by atoms with Gasteiger partial charge < -0.3 is 10.5 Å². The second-order valence-electron chi connectivity index (χ2n) is 3.46. The fourth-order valence-electron chi connectivity index (χ4n) is 1.36. The number of nitrogens with two attached hydrogens (primary N) is 1. The molecule has 0 radical (unpaired) electrons. The van der Waals surface area contributed by atoms with E-state index in [-0.39, 0.29) is 30.5 Å². The van der Waals surface area contributed by atoms with Crippen molar-refractivity contribution in [1.29, 1.82) is 0 Å². The molecular formula is C11H15ClN2O4. The molecule has 1 aromatic carbocycles. The fourth-order valence-corrected chi connectivity index (χ4v) is 1.36. The highest BCUT2D eigenvalue weighted by Crippen LogP contribution is 2.18. The second kappa shape index (κ2) is 7.62. The summed E-state index contributed by atoms with van der Waals surface area (Å²) in [7, 11) is 0. The summed E-state index contributed by atoms with van der Waals surface area (Å²) in [4.78, 5) is 21.2. The largest absolute Gasteiger partial charge is 0.466 e. The highest BCUT2D eigenvalue weighted by molar-refractivity contribution is 5.85. The Morgan fingerprint density at radius 2 is 2.00 bits per heavy atom. The van der Waals surface area contributed by atoms with Crippen LogP contribution in [0.5, 0.6) is 0 Å². The molecule has 0 heterocycles. The summed E-state index contributed by atoms with van der Waals surface area (Å²) >= 11 is 0. The van der Waals surface area contributed by atoms with Crippen LogP contribution in [0.1, 0.15) is 24.9 Å². The van der Waals surface area contributed by atoms with Crippen LogP contribution in [0.2, 0.25) is 0 Å². The average Bonchev–Trinajstić information content (AvgIpc) is 2.29. The van der Waals surface area contributed by atoms with Gasteiger partial charge in [-0.15, -0.1) is 12.4 Å². The molecule has 0 amide bonds. The van der Waals surface area contributed by atoms with Gasteiger partial charge in [0.05, 0.1) is 18.0 Å². The summed E-state index contributed by atoms with van der Waals surface area (Å²) in [6.07, 6.45) is 0.0612. The molecule has 0 fully saturated rings. The van der Waals surface area contributed by atoms with Crippen molar-refractivity contribution in [2.75, 3.05) is 6.61 Å². The van der Waals surface area contributed by atoms with E-state index in [1.807, 2.05) is 0 Å². The third-order valence-corrected chi connectivity index (χ3v) is 2.22. The van der Waals surface area contributed by atoms with Crippen molar-refractivity contribution < 1.29 is 14.5 Å². The first-order valence-corrected chi connectivity index (χ1v) is 5.20. The van der Waals surface area contributed by atoms with E-state index in [0.717, 1.165) is 0 Å². The van der Waals surface area contributed by atoms with Crippen molar-refractivity contribution in [3.8, 4) is 0 Å². The van der Waals surface area contributed by atoms with Gasteiger partial charge >= 0.3 is 5.97 Å². The number of rotatable bonds is 5. The van der Waals surface area contributed by atoms with E-state index in [4.69, 9.17) is 10.5 Å². The van der Waals surface area contributed by atoms with Crippen LogP contribution in [0, 0.1) is 10.1 Å². The molecule has 0 unspecified atom stereocenters. The molecule has 0 saturated carbocycles. The molecule has 1 aromatic rings. The van der Waals surface area contributed by atoms with Crippen molar-refractivity contribution >= 4 is 24.1 Å². The predicted molar refractivity (Wildman–Crippen MR) is 68.5 cm³/mol. The monoisotopic (exact) mass is 274 g/mol. The van der Waals surface area contributed by atoms with Crippen molar-refractivity contribution in [2.45, 2.75) is 19.4 Å². The summed E-state index contributed by atoms with van der Waals surface area (Å²) in [5.74, 6) is -0.377. The Kier molecular flexibility index (Phi) is 6.92. The Morgan fingerprint density at radius 1 is 1.44 bits per heavy atom. The van der Waals surface area contributed by atoms with Crippen LogP contribution < -0.4 is 5.73 Å². The minimum atomic E-state index is -0.505. The van der Waals surface area contributed by atoms with Crippen molar-refractivity contribution in [3.05, 3.63) is 39.9 Å². The van der Waals surface area contributed by atoms with Crippen LogP contribution in [-0.2, 0) is 9.53 Å². The quantitative estimate of drug-likeness (QED) is 0.503. The van der Waals surface area contributed by atoms with E-state index in [0.29, 0.717) is 12.2 Å². The Hall–Kier alpha value is -1.66. The van der Waals surface area contributed by atoms with Gasteiger partial charge in [0, 0.05) is 18.2 Å². The lowest BCUT2D eigenvalue weighted by atomic mass is 10.0. The first-order valence-electron chi connectivity index (χ1n) is 5.20. The zero-order chi connectivity index (χ0) is 12.8. The van der Waals surface area contributed by atoms with Crippen LogP contribution in [0.3, 0.4) is 0 Å². The summed E-state index contributed by atoms with van der Waals surface area (Å²) in [5.41, 5.74) is 6.45. The van der Waals surface area contributed by atoms with E-state index in [1.54, 1.807) is 19.1 Å². The number of carbonyl (C=O) groups is 1. The maximum atomic E-state index is 11.2. The Morgan fingerprint density at radius 3 is 2.44 bits per heavy atom. The third kappa shape index (κ3) is 4.68. The predicted octanol–water partition coefficient (Wildman–Crippen LogP) is 1.97.